The molecule has 0 radical (unpaired) electrons. The molecule has 3 rings (SSSR count). The summed E-state index contributed by atoms with van der Waals surface area (Å²) in [6.07, 6.45) is 1.01. The van der Waals surface area contributed by atoms with E-state index in [1.807, 2.05) is 25.2 Å². The quantitative estimate of drug-likeness (QED) is 0.812. The molecule has 2 aromatic rings. The molecule has 0 spiro atoms. The lowest BCUT2D eigenvalue weighted by Crippen LogP contribution is -2.13. The Bertz CT molecular complexity index is 675. The fourth-order valence-electron chi connectivity index (χ4n) is 3.11. The lowest BCUT2D eigenvalue weighted by molar-refractivity contribution is 0.413. The van der Waals surface area contributed by atoms with Crippen LogP contribution in [-0.4, -0.2) is 14.2 Å². The summed E-state index contributed by atoms with van der Waals surface area (Å²) in [7, 11) is 3.69. The first kappa shape index (κ1) is 17.4. The van der Waals surface area contributed by atoms with Crippen LogP contribution in [-0.2, 0) is 0 Å². The van der Waals surface area contributed by atoms with E-state index in [9.17, 15) is 0 Å². The number of halogens is 3. The molecule has 0 aromatic heterocycles. The normalized spacial score (nSPS) is 19.5. The highest BCUT2D eigenvalue weighted by Crippen LogP contribution is 2.45. The average Bonchev–Trinajstić information content (AvgIpc) is 2.87. The number of fused-ring (bicyclic) bond motifs is 1. The molecule has 1 aliphatic rings. The Balaban J connectivity index is 0.00000176. The van der Waals surface area contributed by atoms with Crippen LogP contribution in [0.2, 0.25) is 10.0 Å². The predicted octanol–water partition coefficient (Wildman–Crippen LogP) is 5.22. The molecule has 2 atom stereocenters. The predicted molar refractivity (Wildman–Crippen MR) is 95.0 cm³/mol. The number of hydrogen-bond acceptors (Lipinski definition) is 2. The molecule has 22 heavy (non-hydrogen) atoms. The Hall–Kier alpha value is -0.930. The highest BCUT2D eigenvalue weighted by Gasteiger charge is 2.31. The summed E-state index contributed by atoms with van der Waals surface area (Å²) >= 11 is 12.2. The van der Waals surface area contributed by atoms with E-state index in [-0.39, 0.29) is 12.4 Å². The summed E-state index contributed by atoms with van der Waals surface area (Å²) in [6.45, 7) is 0. The van der Waals surface area contributed by atoms with Crippen LogP contribution in [0.5, 0.6) is 5.75 Å². The maximum atomic E-state index is 6.17. The molecule has 1 aliphatic carbocycles. The highest BCUT2D eigenvalue weighted by atomic mass is 35.5. The maximum Gasteiger partial charge on any atom is 0.119 e. The molecule has 0 saturated heterocycles. The Morgan fingerprint density at radius 2 is 1.82 bits per heavy atom. The fourth-order valence-corrected chi connectivity index (χ4v) is 3.41. The lowest BCUT2D eigenvalue weighted by atomic mass is 9.93. The first-order chi connectivity index (χ1) is 10.1. The number of rotatable bonds is 3. The first-order valence-corrected chi connectivity index (χ1v) is 7.69. The molecule has 2 aromatic carbocycles. The highest BCUT2D eigenvalue weighted by molar-refractivity contribution is 6.42. The van der Waals surface area contributed by atoms with Gasteiger partial charge in [-0.2, -0.15) is 0 Å². The molecule has 0 aliphatic heterocycles. The van der Waals surface area contributed by atoms with Crippen LogP contribution in [0.1, 0.15) is 35.1 Å². The van der Waals surface area contributed by atoms with Gasteiger partial charge in [-0.05, 0) is 54.4 Å². The Labute approximate surface area is 147 Å². The third-order valence-electron chi connectivity index (χ3n) is 4.21. The largest absolute Gasteiger partial charge is 0.497 e. The summed E-state index contributed by atoms with van der Waals surface area (Å²) in [5.74, 6) is 1.22. The van der Waals surface area contributed by atoms with Gasteiger partial charge in [0, 0.05) is 12.0 Å². The van der Waals surface area contributed by atoms with Crippen molar-refractivity contribution in [3.8, 4) is 5.75 Å². The average molecular weight is 359 g/mol. The van der Waals surface area contributed by atoms with Gasteiger partial charge in [0.2, 0.25) is 0 Å². The lowest BCUT2D eigenvalue weighted by Gasteiger charge is -2.13. The minimum atomic E-state index is 0. The molecule has 0 heterocycles. The summed E-state index contributed by atoms with van der Waals surface area (Å²) in [4.78, 5) is 0. The van der Waals surface area contributed by atoms with Gasteiger partial charge in [0.15, 0.2) is 0 Å². The van der Waals surface area contributed by atoms with Gasteiger partial charge in [-0.25, -0.2) is 0 Å². The number of methoxy groups -OCH3 is 1. The number of benzene rings is 2. The second kappa shape index (κ2) is 7.10. The van der Waals surface area contributed by atoms with Crippen molar-refractivity contribution in [3.63, 3.8) is 0 Å². The SMILES string of the molecule is CN[C@@H]1C[C@@H](c2ccc(Cl)c(Cl)c2)c2ccc(OC)cc21.Cl. The van der Waals surface area contributed by atoms with Crippen molar-refractivity contribution in [1.29, 1.82) is 0 Å². The van der Waals surface area contributed by atoms with Crippen molar-refractivity contribution in [2.75, 3.05) is 14.2 Å². The van der Waals surface area contributed by atoms with Crippen molar-refractivity contribution in [1.82, 2.24) is 5.32 Å². The number of ether oxygens (including phenoxy) is 1. The van der Waals surface area contributed by atoms with Crippen molar-refractivity contribution >= 4 is 35.6 Å². The number of nitrogens with one attached hydrogen (secondary N) is 1. The molecule has 0 saturated carbocycles. The van der Waals surface area contributed by atoms with E-state index in [1.54, 1.807) is 7.11 Å². The number of hydrogen-bond donors (Lipinski definition) is 1. The fraction of sp³-hybridized carbons (Fsp3) is 0.294. The van der Waals surface area contributed by atoms with E-state index >= 15 is 0 Å². The van der Waals surface area contributed by atoms with E-state index in [0.29, 0.717) is 22.0 Å². The minimum absolute atomic E-state index is 0. The summed E-state index contributed by atoms with van der Waals surface area (Å²) in [6, 6.07) is 12.5. The van der Waals surface area contributed by atoms with Crippen LogP contribution >= 0.6 is 35.6 Å². The van der Waals surface area contributed by atoms with Gasteiger partial charge in [-0.3, -0.25) is 0 Å². The van der Waals surface area contributed by atoms with Gasteiger partial charge in [-0.15, -0.1) is 12.4 Å². The molecule has 118 valence electrons. The molecule has 0 amide bonds. The van der Waals surface area contributed by atoms with Crippen LogP contribution < -0.4 is 10.1 Å². The molecule has 0 bridgehead atoms. The standard InChI is InChI=1S/C17H17Cl2NO.ClH/c1-20-17-9-13(10-3-6-15(18)16(19)7-10)12-5-4-11(21-2)8-14(12)17;/h3-8,13,17,20H,9H2,1-2H3;1H/t13-,17+;/m0./s1. The maximum absolute atomic E-state index is 6.17. The van der Waals surface area contributed by atoms with Gasteiger partial charge in [0.1, 0.15) is 5.75 Å². The summed E-state index contributed by atoms with van der Waals surface area (Å²) < 4.78 is 5.34. The minimum Gasteiger partial charge on any atom is -0.497 e. The van der Waals surface area contributed by atoms with E-state index in [2.05, 4.69) is 23.5 Å². The summed E-state index contributed by atoms with van der Waals surface area (Å²) in [5, 5.41) is 4.59. The summed E-state index contributed by atoms with van der Waals surface area (Å²) in [5.41, 5.74) is 3.83. The zero-order valence-electron chi connectivity index (χ0n) is 12.4. The van der Waals surface area contributed by atoms with Crippen molar-refractivity contribution in [2.45, 2.75) is 18.4 Å². The van der Waals surface area contributed by atoms with Crippen molar-refractivity contribution in [2.24, 2.45) is 0 Å². The molecule has 1 N–H and O–H groups in total. The van der Waals surface area contributed by atoms with Gasteiger partial charge in [-0.1, -0.05) is 35.3 Å². The molecular formula is C17H18Cl3NO. The molecule has 0 fully saturated rings. The third kappa shape index (κ3) is 3.07. The van der Waals surface area contributed by atoms with E-state index in [0.717, 1.165) is 12.2 Å². The zero-order chi connectivity index (χ0) is 15.0. The van der Waals surface area contributed by atoms with Crippen LogP contribution in [0.25, 0.3) is 0 Å². The topological polar surface area (TPSA) is 21.3 Å². The van der Waals surface area contributed by atoms with Crippen LogP contribution in [0.3, 0.4) is 0 Å². The Morgan fingerprint density at radius 1 is 1.05 bits per heavy atom. The van der Waals surface area contributed by atoms with Crippen LogP contribution in [0.15, 0.2) is 36.4 Å². The third-order valence-corrected chi connectivity index (χ3v) is 4.95. The van der Waals surface area contributed by atoms with Gasteiger partial charge in [0.25, 0.3) is 0 Å². The van der Waals surface area contributed by atoms with Gasteiger partial charge >= 0.3 is 0 Å². The zero-order valence-corrected chi connectivity index (χ0v) is 14.7. The van der Waals surface area contributed by atoms with Crippen LogP contribution in [0, 0.1) is 0 Å². The monoisotopic (exact) mass is 357 g/mol. The second-order valence-electron chi connectivity index (χ2n) is 5.30. The van der Waals surface area contributed by atoms with Gasteiger partial charge in [0.05, 0.1) is 17.2 Å². The first-order valence-electron chi connectivity index (χ1n) is 6.94. The van der Waals surface area contributed by atoms with Gasteiger partial charge < -0.3 is 10.1 Å². The van der Waals surface area contributed by atoms with Crippen LogP contribution in [0.4, 0.5) is 0 Å². The van der Waals surface area contributed by atoms with Crippen molar-refractivity contribution in [3.05, 3.63) is 63.1 Å². The molecule has 5 heteroatoms. The van der Waals surface area contributed by atoms with E-state index in [1.165, 1.54) is 16.7 Å². The second-order valence-corrected chi connectivity index (χ2v) is 6.11. The van der Waals surface area contributed by atoms with E-state index < -0.39 is 0 Å². The smallest absolute Gasteiger partial charge is 0.119 e. The molecular weight excluding hydrogens is 341 g/mol. The molecule has 2 nitrogen and oxygen atoms in total. The molecule has 0 unspecified atom stereocenters. The van der Waals surface area contributed by atoms with Crippen molar-refractivity contribution < 1.29 is 4.74 Å². The van der Waals surface area contributed by atoms with E-state index in [4.69, 9.17) is 27.9 Å². The Kier molecular flexibility index (Phi) is 5.62. The Morgan fingerprint density at radius 3 is 2.45 bits per heavy atom.